The minimum Gasteiger partial charge on any atom is -0.393 e. The standard InChI is InChI=1S/C14H30O2/c1-6-7-11(2)8-13(16)10-14(4,5)9-12(3)15/h11-13,15-16H,6-10H2,1-5H3. The number of aliphatic hydroxyl groups is 2. The Hall–Kier alpha value is -0.0800. The Balaban J connectivity index is 3.97. The van der Waals surface area contributed by atoms with Gasteiger partial charge in [-0.05, 0) is 37.5 Å². The maximum atomic E-state index is 10.0. The van der Waals surface area contributed by atoms with Crippen LogP contribution in [-0.4, -0.2) is 22.4 Å². The van der Waals surface area contributed by atoms with Gasteiger partial charge in [0, 0.05) is 0 Å². The van der Waals surface area contributed by atoms with E-state index < -0.39 is 0 Å². The molecule has 3 atom stereocenters. The number of aliphatic hydroxyl groups excluding tert-OH is 2. The van der Waals surface area contributed by atoms with Gasteiger partial charge in [-0.3, -0.25) is 0 Å². The Morgan fingerprint density at radius 3 is 2.06 bits per heavy atom. The first-order valence-electron chi connectivity index (χ1n) is 6.63. The van der Waals surface area contributed by atoms with Gasteiger partial charge in [0.2, 0.25) is 0 Å². The second-order valence-electron chi connectivity index (χ2n) is 6.20. The molecule has 2 heteroatoms. The normalized spacial score (nSPS) is 18.2. The summed E-state index contributed by atoms with van der Waals surface area (Å²) < 4.78 is 0. The van der Waals surface area contributed by atoms with Gasteiger partial charge in [-0.2, -0.15) is 0 Å². The lowest BCUT2D eigenvalue weighted by atomic mass is 9.80. The molecule has 0 aromatic heterocycles. The van der Waals surface area contributed by atoms with Crippen LogP contribution < -0.4 is 0 Å². The van der Waals surface area contributed by atoms with Gasteiger partial charge in [-0.15, -0.1) is 0 Å². The monoisotopic (exact) mass is 230 g/mol. The molecule has 3 unspecified atom stereocenters. The second-order valence-corrected chi connectivity index (χ2v) is 6.20. The van der Waals surface area contributed by atoms with Crippen LogP contribution in [0.5, 0.6) is 0 Å². The van der Waals surface area contributed by atoms with Crippen molar-refractivity contribution in [2.24, 2.45) is 11.3 Å². The minimum absolute atomic E-state index is 0.0273. The molecule has 0 radical (unpaired) electrons. The minimum atomic E-state index is -0.282. The number of rotatable bonds is 8. The molecular formula is C14H30O2. The lowest BCUT2D eigenvalue weighted by Crippen LogP contribution is -2.25. The Bertz CT molecular complexity index is 176. The van der Waals surface area contributed by atoms with E-state index in [4.69, 9.17) is 0 Å². The third-order valence-electron chi connectivity index (χ3n) is 3.09. The van der Waals surface area contributed by atoms with Crippen molar-refractivity contribution in [1.29, 1.82) is 0 Å². The van der Waals surface area contributed by atoms with Gasteiger partial charge in [0.05, 0.1) is 12.2 Å². The van der Waals surface area contributed by atoms with E-state index in [0.717, 1.165) is 19.3 Å². The van der Waals surface area contributed by atoms with Crippen molar-refractivity contribution >= 4 is 0 Å². The van der Waals surface area contributed by atoms with Gasteiger partial charge in [0.15, 0.2) is 0 Å². The Morgan fingerprint density at radius 1 is 1.06 bits per heavy atom. The van der Waals surface area contributed by atoms with Gasteiger partial charge >= 0.3 is 0 Å². The van der Waals surface area contributed by atoms with E-state index in [0.29, 0.717) is 5.92 Å². The van der Waals surface area contributed by atoms with E-state index in [9.17, 15) is 10.2 Å². The summed E-state index contributed by atoms with van der Waals surface area (Å²) in [5, 5.41) is 19.4. The Kier molecular flexibility index (Phi) is 7.25. The van der Waals surface area contributed by atoms with Gasteiger partial charge in [-0.25, -0.2) is 0 Å². The van der Waals surface area contributed by atoms with E-state index in [1.54, 1.807) is 0 Å². The molecule has 16 heavy (non-hydrogen) atoms. The van der Waals surface area contributed by atoms with Crippen LogP contribution in [0.3, 0.4) is 0 Å². The Labute approximate surface area is 101 Å². The van der Waals surface area contributed by atoms with E-state index in [1.165, 1.54) is 12.8 Å². The van der Waals surface area contributed by atoms with Crippen molar-refractivity contribution in [2.45, 2.75) is 78.9 Å². The largest absolute Gasteiger partial charge is 0.393 e. The molecule has 0 spiro atoms. The summed E-state index contributed by atoms with van der Waals surface area (Å²) in [5.41, 5.74) is 0.0273. The summed E-state index contributed by atoms with van der Waals surface area (Å²) in [6.07, 6.45) is 4.29. The van der Waals surface area contributed by atoms with E-state index in [-0.39, 0.29) is 17.6 Å². The molecule has 0 aliphatic rings. The molecule has 98 valence electrons. The van der Waals surface area contributed by atoms with Crippen molar-refractivity contribution in [2.75, 3.05) is 0 Å². The van der Waals surface area contributed by atoms with Crippen LogP contribution in [0.15, 0.2) is 0 Å². The highest BCUT2D eigenvalue weighted by atomic mass is 16.3. The number of hydrogen-bond acceptors (Lipinski definition) is 2. The zero-order chi connectivity index (χ0) is 12.8. The van der Waals surface area contributed by atoms with E-state index in [2.05, 4.69) is 27.7 Å². The second kappa shape index (κ2) is 7.29. The maximum Gasteiger partial charge on any atom is 0.0547 e. The van der Waals surface area contributed by atoms with E-state index in [1.807, 2.05) is 6.92 Å². The molecule has 0 aliphatic carbocycles. The van der Waals surface area contributed by atoms with Crippen LogP contribution in [0.1, 0.15) is 66.7 Å². The molecule has 0 aromatic rings. The highest BCUT2D eigenvalue weighted by Gasteiger charge is 2.24. The zero-order valence-corrected chi connectivity index (χ0v) is 11.7. The molecule has 2 nitrogen and oxygen atoms in total. The van der Waals surface area contributed by atoms with Crippen molar-refractivity contribution in [3.8, 4) is 0 Å². The van der Waals surface area contributed by atoms with Crippen LogP contribution in [0.4, 0.5) is 0 Å². The van der Waals surface area contributed by atoms with Crippen LogP contribution >= 0.6 is 0 Å². The molecular weight excluding hydrogens is 200 g/mol. The predicted molar refractivity (Wildman–Crippen MR) is 69.4 cm³/mol. The summed E-state index contributed by atoms with van der Waals surface area (Å²) in [4.78, 5) is 0. The van der Waals surface area contributed by atoms with Gasteiger partial charge in [-0.1, -0.05) is 40.5 Å². The van der Waals surface area contributed by atoms with Gasteiger partial charge in [0.25, 0.3) is 0 Å². The van der Waals surface area contributed by atoms with Crippen molar-refractivity contribution in [3.05, 3.63) is 0 Å². The molecule has 0 saturated heterocycles. The molecule has 0 amide bonds. The molecule has 0 rings (SSSR count). The first kappa shape index (κ1) is 15.9. The maximum absolute atomic E-state index is 10.0. The van der Waals surface area contributed by atoms with Crippen LogP contribution in [-0.2, 0) is 0 Å². The molecule has 2 N–H and O–H groups in total. The third-order valence-corrected chi connectivity index (χ3v) is 3.09. The van der Waals surface area contributed by atoms with Crippen LogP contribution in [0, 0.1) is 11.3 Å². The lowest BCUT2D eigenvalue weighted by Gasteiger charge is -2.29. The van der Waals surface area contributed by atoms with Crippen molar-refractivity contribution in [1.82, 2.24) is 0 Å². The first-order chi connectivity index (χ1) is 7.26. The predicted octanol–water partition coefficient (Wildman–Crippen LogP) is 3.36. The highest BCUT2D eigenvalue weighted by Crippen LogP contribution is 2.30. The average molecular weight is 230 g/mol. The van der Waals surface area contributed by atoms with Crippen LogP contribution in [0.2, 0.25) is 0 Å². The summed E-state index contributed by atoms with van der Waals surface area (Å²) in [6, 6.07) is 0. The molecule has 0 aromatic carbocycles. The highest BCUT2D eigenvalue weighted by molar-refractivity contribution is 4.76. The SMILES string of the molecule is CCCC(C)CC(O)CC(C)(C)CC(C)O. The fourth-order valence-corrected chi connectivity index (χ4v) is 2.68. The summed E-state index contributed by atoms with van der Waals surface area (Å²) in [5.74, 6) is 0.599. The smallest absolute Gasteiger partial charge is 0.0547 e. The van der Waals surface area contributed by atoms with Crippen LogP contribution in [0.25, 0.3) is 0 Å². The summed E-state index contributed by atoms with van der Waals surface area (Å²) in [6.45, 7) is 10.4. The van der Waals surface area contributed by atoms with Gasteiger partial charge < -0.3 is 10.2 Å². The average Bonchev–Trinajstić information content (AvgIpc) is 1.98. The molecule has 0 heterocycles. The third kappa shape index (κ3) is 8.12. The lowest BCUT2D eigenvalue weighted by molar-refractivity contribution is 0.0604. The Morgan fingerprint density at radius 2 is 1.62 bits per heavy atom. The van der Waals surface area contributed by atoms with Crippen molar-refractivity contribution < 1.29 is 10.2 Å². The first-order valence-corrected chi connectivity index (χ1v) is 6.63. The molecule has 0 aliphatic heterocycles. The fourth-order valence-electron chi connectivity index (χ4n) is 2.68. The topological polar surface area (TPSA) is 40.5 Å². The van der Waals surface area contributed by atoms with Crippen molar-refractivity contribution in [3.63, 3.8) is 0 Å². The van der Waals surface area contributed by atoms with Gasteiger partial charge in [0.1, 0.15) is 0 Å². The molecule has 0 bridgehead atoms. The molecule has 0 fully saturated rings. The zero-order valence-electron chi connectivity index (χ0n) is 11.7. The summed E-state index contributed by atoms with van der Waals surface area (Å²) in [7, 11) is 0. The quantitative estimate of drug-likeness (QED) is 0.671. The number of hydrogen-bond donors (Lipinski definition) is 2. The fraction of sp³-hybridized carbons (Fsp3) is 1.00. The summed E-state index contributed by atoms with van der Waals surface area (Å²) >= 11 is 0. The molecule has 0 saturated carbocycles. The van der Waals surface area contributed by atoms with E-state index >= 15 is 0 Å².